The van der Waals surface area contributed by atoms with E-state index < -0.39 is 0 Å². The van der Waals surface area contributed by atoms with E-state index in [1.165, 1.54) is 0 Å². The summed E-state index contributed by atoms with van der Waals surface area (Å²) in [4.78, 5) is 2.98. The third-order valence-corrected chi connectivity index (χ3v) is 2.20. The molecule has 1 heterocycles. The number of para-hydroxylation sites is 1. The molecule has 15 heavy (non-hydrogen) atoms. The zero-order chi connectivity index (χ0) is 10.7. The average molecular weight is 205 g/mol. The van der Waals surface area contributed by atoms with Crippen LogP contribution >= 0.6 is 0 Å². The van der Waals surface area contributed by atoms with E-state index in [9.17, 15) is 0 Å². The first kappa shape index (κ1) is 9.58. The minimum Gasteiger partial charge on any atom is -0.492 e. The summed E-state index contributed by atoms with van der Waals surface area (Å²) in [6.45, 7) is 0. The van der Waals surface area contributed by atoms with Gasteiger partial charge in [0.05, 0.1) is 14.2 Å². The summed E-state index contributed by atoms with van der Waals surface area (Å²) in [5, 5.41) is 0. The van der Waals surface area contributed by atoms with Gasteiger partial charge < -0.3 is 9.47 Å². The topological polar surface area (TPSA) is 38.1 Å². The zero-order valence-electron chi connectivity index (χ0n) is 8.73. The van der Waals surface area contributed by atoms with E-state index in [-0.39, 0.29) is 0 Å². The fourth-order valence-electron chi connectivity index (χ4n) is 1.51. The Labute approximate surface area is 88.1 Å². The number of hydrogen-bond donors (Lipinski definition) is 1. The number of aromatic amines is 1. The van der Waals surface area contributed by atoms with Crippen molar-refractivity contribution >= 4 is 0 Å². The van der Waals surface area contributed by atoms with Gasteiger partial charge in [0.25, 0.3) is 0 Å². The Kier molecular flexibility index (Phi) is 2.58. The van der Waals surface area contributed by atoms with Crippen LogP contribution in [-0.4, -0.2) is 19.2 Å². The lowest BCUT2D eigenvalue weighted by atomic mass is 10.2. The molecule has 0 amide bonds. The number of aromatic nitrogens is 2. The van der Waals surface area contributed by atoms with Crippen LogP contribution in [0.5, 0.6) is 11.5 Å². The van der Waals surface area contributed by atoms with Crippen molar-refractivity contribution in [2.45, 2.75) is 0 Å². The summed E-state index contributed by atoms with van der Waals surface area (Å²) in [7, 11) is 3.29. The average Bonchev–Trinajstić information content (AvgIpc) is 2.81. The number of ether oxygens (including phenoxy) is 2. The summed E-state index contributed by atoms with van der Waals surface area (Å²) in [5.41, 5.74) is 0.892. The number of H-pyrrole nitrogens is 1. The molecule has 0 saturated carbocycles. The van der Waals surface area contributed by atoms with E-state index >= 15 is 0 Å². The molecule has 0 aliphatic rings. The predicted molar refractivity (Wildman–Crippen MR) is 55.4 cm³/mol. The van der Waals surface area contributed by atoms with Crippen molar-refractivity contribution < 1.29 is 14.0 Å². The van der Waals surface area contributed by atoms with Crippen LogP contribution < -0.4 is 14.0 Å². The molecule has 1 N–H and O–H groups in total. The molecule has 0 atom stereocenters. The van der Waals surface area contributed by atoms with Gasteiger partial charge in [0.2, 0.25) is 12.0 Å². The second-order valence-corrected chi connectivity index (χ2v) is 3.03. The van der Waals surface area contributed by atoms with E-state index in [2.05, 4.69) is 4.98 Å². The van der Waals surface area contributed by atoms with Crippen molar-refractivity contribution in [2.75, 3.05) is 14.2 Å². The van der Waals surface area contributed by atoms with Gasteiger partial charge in [-0.05, 0) is 12.1 Å². The molecule has 4 nitrogen and oxygen atoms in total. The molecule has 0 radical (unpaired) electrons. The quantitative estimate of drug-likeness (QED) is 0.767. The van der Waals surface area contributed by atoms with Gasteiger partial charge in [-0.1, -0.05) is 6.07 Å². The third kappa shape index (κ3) is 1.66. The highest BCUT2D eigenvalue weighted by Gasteiger charge is 2.15. The smallest absolute Gasteiger partial charge is 0.246 e. The largest absolute Gasteiger partial charge is 0.492 e. The maximum atomic E-state index is 5.30. The zero-order valence-corrected chi connectivity index (χ0v) is 8.73. The molecule has 1 aromatic heterocycles. The highest BCUT2D eigenvalue weighted by molar-refractivity contribution is 5.51. The number of nitrogens with zero attached hydrogens (tertiary/aromatic N) is 1. The molecular weight excluding hydrogens is 192 g/mol. The second kappa shape index (κ2) is 4.04. The number of benzene rings is 1. The Bertz CT molecular complexity index is 416. The van der Waals surface area contributed by atoms with Crippen LogP contribution in [0.1, 0.15) is 0 Å². The first-order valence-corrected chi connectivity index (χ1v) is 4.62. The number of methoxy groups -OCH3 is 2. The maximum Gasteiger partial charge on any atom is 0.246 e. The summed E-state index contributed by atoms with van der Waals surface area (Å²) in [5.74, 6) is 1.55. The van der Waals surface area contributed by atoms with Crippen LogP contribution in [0, 0.1) is 0 Å². The highest BCUT2D eigenvalue weighted by Crippen LogP contribution is 2.27. The fraction of sp³-hybridized carbons (Fsp3) is 0.182. The van der Waals surface area contributed by atoms with Gasteiger partial charge in [0, 0.05) is 0 Å². The van der Waals surface area contributed by atoms with Crippen LogP contribution in [0.25, 0.3) is 5.69 Å². The molecule has 0 aliphatic heterocycles. The van der Waals surface area contributed by atoms with Gasteiger partial charge in [0.1, 0.15) is 12.4 Å². The molecule has 0 fully saturated rings. The van der Waals surface area contributed by atoms with Gasteiger partial charge in [-0.25, -0.2) is 4.98 Å². The van der Waals surface area contributed by atoms with Crippen molar-refractivity contribution in [3.05, 3.63) is 36.9 Å². The third-order valence-electron chi connectivity index (χ3n) is 2.20. The molecule has 2 rings (SSSR count). The lowest BCUT2D eigenvalue weighted by molar-refractivity contribution is -0.595. The van der Waals surface area contributed by atoms with Crippen molar-refractivity contribution in [3.8, 4) is 17.2 Å². The van der Waals surface area contributed by atoms with Gasteiger partial charge in [-0.2, -0.15) is 4.57 Å². The molecule has 0 bridgehead atoms. The standard InChI is InChI=1S/C11H12N2O2/c1-14-9-4-3-5-10(15-2)11(9)13-7-6-12-8-13/h3-8H,1-2H3/p+1. The van der Waals surface area contributed by atoms with Crippen LogP contribution in [0.15, 0.2) is 36.9 Å². The maximum absolute atomic E-state index is 5.30. The van der Waals surface area contributed by atoms with E-state index in [1.807, 2.05) is 41.5 Å². The lowest BCUT2D eigenvalue weighted by Gasteiger charge is -2.08. The first-order valence-electron chi connectivity index (χ1n) is 4.62. The van der Waals surface area contributed by atoms with Crippen LogP contribution in [0.4, 0.5) is 0 Å². The Morgan fingerprint density at radius 3 is 2.27 bits per heavy atom. The van der Waals surface area contributed by atoms with Crippen LogP contribution in [-0.2, 0) is 0 Å². The fourth-order valence-corrected chi connectivity index (χ4v) is 1.51. The van der Waals surface area contributed by atoms with Crippen molar-refractivity contribution in [3.63, 3.8) is 0 Å². The number of hydrogen-bond acceptors (Lipinski definition) is 2. The van der Waals surface area contributed by atoms with Gasteiger partial charge in [-0.3, -0.25) is 0 Å². The summed E-state index contributed by atoms with van der Waals surface area (Å²) < 4.78 is 12.5. The van der Waals surface area contributed by atoms with Gasteiger partial charge in [0.15, 0.2) is 11.5 Å². The molecule has 78 valence electrons. The van der Waals surface area contributed by atoms with Crippen molar-refractivity contribution in [1.82, 2.24) is 4.98 Å². The SMILES string of the molecule is COc1cccc(OC)c1-[n+]1cc[nH]c1. The number of imidazole rings is 1. The molecule has 0 spiro atoms. The first-order chi connectivity index (χ1) is 7.36. The van der Waals surface area contributed by atoms with Crippen molar-refractivity contribution in [1.29, 1.82) is 0 Å². The summed E-state index contributed by atoms with van der Waals surface area (Å²) in [6, 6.07) is 5.70. The molecule has 0 saturated heterocycles. The second-order valence-electron chi connectivity index (χ2n) is 3.03. The number of rotatable bonds is 3. The Hall–Kier alpha value is -1.97. The Morgan fingerprint density at radius 1 is 1.13 bits per heavy atom. The molecule has 4 heteroatoms. The summed E-state index contributed by atoms with van der Waals surface area (Å²) in [6.07, 6.45) is 5.58. The van der Waals surface area contributed by atoms with E-state index in [1.54, 1.807) is 14.2 Å². The lowest BCUT2D eigenvalue weighted by Crippen LogP contribution is -2.28. The molecule has 0 unspecified atom stereocenters. The van der Waals surface area contributed by atoms with E-state index in [4.69, 9.17) is 9.47 Å². The summed E-state index contributed by atoms with van der Waals surface area (Å²) >= 11 is 0. The van der Waals surface area contributed by atoms with E-state index in [0.29, 0.717) is 0 Å². The monoisotopic (exact) mass is 205 g/mol. The van der Waals surface area contributed by atoms with Gasteiger partial charge in [-0.15, -0.1) is 0 Å². The van der Waals surface area contributed by atoms with Crippen molar-refractivity contribution in [2.24, 2.45) is 0 Å². The highest BCUT2D eigenvalue weighted by atomic mass is 16.5. The minimum atomic E-state index is 0.777. The molecule has 2 aromatic rings. The Morgan fingerprint density at radius 2 is 1.80 bits per heavy atom. The normalized spacial score (nSPS) is 10.0. The molecular formula is C11H13N2O2+. The van der Waals surface area contributed by atoms with Crippen LogP contribution in [0.2, 0.25) is 0 Å². The molecule has 0 aliphatic carbocycles. The predicted octanol–water partition coefficient (Wildman–Crippen LogP) is 1.31. The minimum absolute atomic E-state index is 0.777. The molecule has 1 aromatic carbocycles. The van der Waals surface area contributed by atoms with Crippen LogP contribution in [0.3, 0.4) is 0 Å². The number of nitrogens with one attached hydrogen (secondary N) is 1. The van der Waals surface area contributed by atoms with E-state index in [0.717, 1.165) is 17.2 Å². The Balaban J connectivity index is 2.61. The van der Waals surface area contributed by atoms with Gasteiger partial charge >= 0.3 is 0 Å².